The molecule has 0 unspecified atom stereocenters. The van der Waals surface area contributed by atoms with Crippen LogP contribution in [-0.4, -0.2) is 43.1 Å². The van der Waals surface area contributed by atoms with E-state index in [9.17, 15) is 9.90 Å². The van der Waals surface area contributed by atoms with Gasteiger partial charge in [0, 0.05) is 18.0 Å². The summed E-state index contributed by atoms with van der Waals surface area (Å²) >= 11 is 0. The van der Waals surface area contributed by atoms with Crippen LogP contribution in [0.25, 0.3) is 0 Å². The quantitative estimate of drug-likeness (QED) is 0.264. The summed E-state index contributed by atoms with van der Waals surface area (Å²) in [5.41, 5.74) is 0.109. The van der Waals surface area contributed by atoms with Gasteiger partial charge in [-0.05, 0) is 18.9 Å². The Morgan fingerprint density at radius 3 is 1.59 bits per heavy atom. The fourth-order valence-electron chi connectivity index (χ4n) is 3.26. The number of pyridine rings is 1. The minimum absolute atomic E-state index is 0.109. The van der Waals surface area contributed by atoms with E-state index in [2.05, 4.69) is 33.1 Å². The Morgan fingerprint density at radius 2 is 1.28 bits per heavy atom. The molecule has 1 aromatic heterocycles. The van der Waals surface area contributed by atoms with Crippen LogP contribution in [0, 0.1) is 0 Å². The van der Waals surface area contributed by atoms with Crippen LogP contribution in [0.15, 0.2) is 24.5 Å². The van der Waals surface area contributed by atoms with Crippen molar-refractivity contribution >= 4 is 5.97 Å². The van der Waals surface area contributed by atoms with Crippen molar-refractivity contribution in [2.75, 3.05) is 27.7 Å². The summed E-state index contributed by atoms with van der Waals surface area (Å²) in [6.45, 7) is 3.63. The van der Waals surface area contributed by atoms with E-state index in [1.165, 1.54) is 115 Å². The van der Waals surface area contributed by atoms with Gasteiger partial charge in [-0.25, -0.2) is 0 Å². The fourth-order valence-corrected chi connectivity index (χ4v) is 3.26. The van der Waals surface area contributed by atoms with Crippen LogP contribution in [0.2, 0.25) is 0 Å². The van der Waals surface area contributed by atoms with Gasteiger partial charge in [-0.1, -0.05) is 90.0 Å². The summed E-state index contributed by atoms with van der Waals surface area (Å²) in [5.74, 6) is -1.19. The highest BCUT2D eigenvalue weighted by atomic mass is 16.4. The van der Waals surface area contributed by atoms with Gasteiger partial charge in [-0.2, -0.15) is 0 Å². The molecule has 0 atom stereocenters. The third-order valence-corrected chi connectivity index (χ3v) is 5.08. The second-order valence-electron chi connectivity index (χ2n) is 9.14. The number of unbranched alkanes of at least 4 members (excludes halogenated alkanes) is 13. The molecule has 0 radical (unpaired) electrons. The van der Waals surface area contributed by atoms with Gasteiger partial charge >= 0.3 is 0 Å². The fraction of sp³-hybridized carbons (Fsp3) is 0.760. The second kappa shape index (κ2) is 18.6. The van der Waals surface area contributed by atoms with E-state index >= 15 is 0 Å². The van der Waals surface area contributed by atoms with E-state index in [4.69, 9.17) is 0 Å². The van der Waals surface area contributed by atoms with Gasteiger partial charge in [0.15, 0.2) is 0 Å². The van der Waals surface area contributed by atoms with Gasteiger partial charge < -0.3 is 14.4 Å². The van der Waals surface area contributed by atoms with Crippen molar-refractivity contribution in [3.63, 3.8) is 0 Å². The van der Waals surface area contributed by atoms with Crippen LogP contribution in [0.4, 0.5) is 0 Å². The summed E-state index contributed by atoms with van der Waals surface area (Å²) in [6, 6.07) is 2.98. The number of nitrogens with zero attached hydrogens (tertiary/aromatic N) is 2. The van der Waals surface area contributed by atoms with E-state index in [1.54, 1.807) is 6.07 Å². The molecule has 0 fully saturated rings. The van der Waals surface area contributed by atoms with Crippen molar-refractivity contribution in [1.29, 1.82) is 0 Å². The molecule has 0 spiro atoms. The molecule has 0 saturated heterocycles. The van der Waals surface area contributed by atoms with E-state index in [-0.39, 0.29) is 5.56 Å². The third-order valence-electron chi connectivity index (χ3n) is 5.08. The first-order valence-electron chi connectivity index (χ1n) is 11.8. The first-order valence-corrected chi connectivity index (χ1v) is 11.8. The zero-order chi connectivity index (χ0) is 21.8. The molecule has 29 heavy (non-hydrogen) atoms. The number of hydrogen-bond donors (Lipinski definition) is 0. The molecule has 0 aliphatic heterocycles. The molecule has 4 nitrogen and oxygen atoms in total. The smallest absolute Gasteiger partial charge is 0.0780 e. The molecule has 1 aromatic rings. The summed E-state index contributed by atoms with van der Waals surface area (Å²) in [6.07, 6.45) is 23.1. The largest absolute Gasteiger partial charge is 0.545 e. The lowest BCUT2D eigenvalue weighted by Gasteiger charge is -2.23. The van der Waals surface area contributed by atoms with Gasteiger partial charge in [0.05, 0.1) is 33.7 Å². The predicted octanol–water partition coefficient (Wildman–Crippen LogP) is 5.62. The summed E-state index contributed by atoms with van der Waals surface area (Å²) in [7, 11) is 6.88. The molecule has 0 N–H and O–H groups in total. The minimum Gasteiger partial charge on any atom is -0.545 e. The standard InChI is InChI=1S/C19H42N.C6H5NO2/c1-5-6-7-8-9-10-11-12-13-14-15-16-17-18-19-20(2,3)4;8-6(9)5-2-1-3-7-4-5/h5-19H2,1-4H3;1-4H,(H,8,9)/q+1;/p-1. The molecule has 1 heterocycles. The second-order valence-corrected chi connectivity index (χ2v) is 9.14. The third kappa shape index (κ3) is 21.1. The van der Waals surface area contributed by atoms with Gasteiger partial charge in [0.2, 0.25) is 0 Å². The molecular formula is C25H46N2O2. The zero-order valence-corrected chi connectivity index (χ0v) is 19.6. The van der Waals surface area contributed by atoms with Crippen molar-refractivity contribution in [3.05, 3.63) is 30.1 Å². The molecule has 0 aromatic carbocycles. The average molecular weight is 407 g/mol. The highest BCUT2D eigenvalue weighted by Gasteiger charge is 2.04. The van der Waals surface area contributed by atoms with Gasteiger partial charge in [0.25, 0.3) is 0 Å². The summed E-state index contributed by atoms with van der Waals surface area (Å²) in [5, 5.41) is 10.0. The van der Waals surface area contributed by atoms with Crippen molar-refractivity contribution < 1.29 is 14.4 Å². The Hall–Kier alpha value is -1.42. The van der Waals surface area contributed by atoms with E-state index in [0.29, 0.717) is 0 Å². The first kappa shape index (κ1) is 27.6. The van der Waals surface area contributed by atoms with Crippen LogP contribution in [0.3, 0.4) is 0 Å². The van der Waals surface area contributed by atoms with Crippen molar-refractivity contribution in [3.8, 4) is 0 Å². The van der Waals surface area contributed by atoms with Crippen LogP contribution in [0.5, 0.6) is 0 Å². The number of carboxylic acids is 1. The van der Waals surface area contributed by atoms with E-state index in [0.717, 1.165) is 4.48 Å². The highest BCUT2D eigenvalue weighted by molar-refractivity contribution is 5.85. The van der Waals surface area contributed by atoms with E-state index in [1.807, 2.05) is 0 Å². The molecule has 4 heteroatoms. The first-order chi connectivity index (χ1) is 13.9. The molecule has 0 bridgehead atoms. The maximum absolute atomic E-state index is 10.0. The number of aromatic nitrogens is 1. The average Bonchev–Trinajstić information content (AvgIpc) is 2.68. The monoisotopic (exact) mass is 406 g/mol. The van der Waals surface area contributed by atoms with Crippen LogP contribution < -0.4 is 5.11 Å². The normalized spacial score (nSPS) is 11.0. The SMILES string of the molecule is CCCCCCCCCCCCCCCC[N+](C)(C)C.O=C([O-])c1cccnc1. The molecule has 1 rings (SSSR count). The van der Waals surface area contributed by atoms with Gasteiger partial charge in [-0.3, -0.25) is 4.98 Å². The lowest BCUT2D eigenvalue weighted by atomic mass is 10.0. The number of quaternary nitrogens is 1. The number of hydrogen-bond acceptors (Lipinski definition) is 3. The Labute approximate surface area is 180 Å². The highest BCUT2D eigenvalue weighted by Crippen LogP contribution is 2.13. The van der Waals surface area contributed by atoms with Crippen molar-refractivity contribution in [2.24, 2.45) is 0 Å². The summed E-state index contributed by atoms with van der Waals surface area (Å²) < 4.78 is 1.12. The molecule has 0 aliphatic carbocycles. The lowest BCUT2D eigenvalue weighted by molar-refractivity contribution is -0.870. The molecular weight excluding hydrogens is 360 g/mol. The molecule has 168 valence electrons. The number of carbonyl (C=O) groups is 1. The Morgan fingerprint density at radius 1 is 0.828 bits per heavy atom. The Balaban J connectivity index is 0.000000717. The van der Waals surface area contributed by atoms with Crippen molar-refractivity contribution in [2.45, 2.75) is 96.8 Å². The molecule has 0 aliphatic rings. The number of carbonyl (C=O) groups excluding carboxylic acids is 1. The van der Waals surface area contributed by atoms with Crippen LogP contribution >= 0.6 is 0 Å². The lowest BCUT2D eigenvalue weighted by Crippen LogP contribution is -2.35. The summed E-state index contributed by atoms with van der Waals surface area (Å²) in [4.78, 5) is 13.6. The van der Waals surface area contributed by atoms with Gasteiger partial charge in [0.1, 0.15) is 0 Å². The molecule has 0 saturated carbocycles. The predicted molar refractivity (Wildman–Crippen MR) is 122 cm³/mol. The maximum Gasteiger partial charge on any atom is 0.0780 e. The zero-order valence-electron chi connectivity index (χ0n) is 19.6. The number of aromatic carboxylic acids is 1. The maximum atomic E-state index is 10.0. The van der Waals surface area contributed by atoms with Crippen molar-refractivity contribution in [1.82, 2.24) is 4.98 Å². The Kier molecular flexibility index (Phi) is 17.7. The van der Waals surface area contributed by atoms with Crippen LogP contribution in [0.1, 0.15) is 107 Å². The topological polar surface area (TPSA) is 53.0 Å². The van der Waals surface area contributed by atoms with Gasteiger partial charge in [-0.15, -0.1) is 0 Å². The number of carboxylic acid groups (broad SMARTS) is 1. The Bertz CT molecular complexity index is 483. The molecule has 0 amide bonds. The minimum atomic E-state index is -1.19. The number of rotatable bonds is 16. The van der Waals surface area contributed by atoms with E-state index < -0.39 is 5.97 Å². The van der Waals surface area contributed by atoms with Crippen LogP contribution in [-0.2, 0) is 0 Å².